The molecule has 5 nitrogen and oxygen atoms in total. The number of imidazole rings is 1. The Balaban J connectivity index is 1.68. The molecule has 2 aromatic heterocycles. The predicted octanol–water partition coefficient (Wildman–Crippen LogP) is 2.24. The molecule has 0 spiro atoms. The van der Waals surface area contributed by atoms with Gasteiger partial charge in [0.05, 0.1) is 6.20 Å². The van der Waals surface area contributed by atoms with E-state index in [1.165, 1.54) is 37.0 Å². The largest absolute Gasteiger partial charge is 0.348 e. The zero-order chi connectivity index (χ0) is 12.4. The summed E-state index contributed by atoms with van der Waals surface area (Å²) in [6.45, 7) is 0. The molecule has 96 valence electrons. The van der Waals surface area contributed by atoms with Crippen LogP contribution < -0.4 is 5.32 Å². The Labute approximate surface area is 109 Å². The lowest BCUT2D eigenvalue weighted by Gasteiger charge is -2.14. The summed E-state index contributed by atoms with van der Waals surface area (Å²) < 4.78 is 1.65. The van der Waals surface area contributed by atoms with Crippen molar-refractivity contribution >= 4 is 22.2 Å². The number of carbonyl (C=O) groups excluding carboxylic acids is 1. The SMILES string of the molecule is O=C(NC1CCCCCC1)c1cn2ncsc2n1. The number of nitrogens with one attached hydrogen (secondary N) is 1. The number of carbonyl (C=O) groups is 1. The van der Waals surface area contributed by atoms with E-state index in [2.05, 4.69) is 15.4 Å². The molecule has 6 heteroatoms. The van der Waals surface area contributed by atoms with E-state index in [1.54, 1.807) is 16.2 Å². The minimum Gasteiger partial charge on any atom is -0.348 e. The summed E-state index contributed by atoms with van der Waals surface area (Å²) in [4.78, 5) is 17.1. The van der Waals surface area contributed by atoms with Crippen LogP contribution in [0.25, 0.3) is 4.96 Å². The van der Waals surface area contributed by atoms with Crippen molar-refractivity contribution in [3.8, 4) is 0 Å². The summed E-state index contributed by atoms with van der Waals surface area (Å²) in [5.41, 5.74) is 2.19. The van der Waals surface area contributed by atoms with Crippen LogP contribution in [0, 0.1) is 0 Å². The molecular formula is C12H16N4OS. The fraction of sp³-hybridized carbons (Fsp3) is 0.583. The highest BCUT2D eigenvalue weighted by Crippen LogP contribution is 2.17. The lowest BCUT2D eigenvalue weighted by atomic mass is 10.1. The average molecular weight is 264 g/mol. The summed E-state index contributed by atoms with van der Waals surface area (Å²) in [7, 11) is 0. The molecule has 0 aromatic carbocycles. The summed E-state index contributed by atoms with van der Waals surface area (Å²) in [5, 5.41) is 7.16. The molecule has 0 saturated heterocycles. The second-order valence-corrected chi connectivity index (χ2v) is 5.57. The Bertz CT molecular complexity index is 511. The maximum atomic E-state index is 12.1. The van der Waals surface area contributed by atoms with E-state index >= 15 is 0 Å². The summed E-state index contributed by atoms with van der Waals surface area (Å²) >= 11 is 1.44. The second-order valence-electron chi connectivity index (χ2n) is 4.75. The summed E-state index contributed by atoms with van der Waals surface area (Å²) in [6.07, 6.45) is 8.87. The number of amides is 1. The number of nitrogens with zero attached hydrogens (tertiary/aromatic N) is 3. The van der Waals surface area contributed by atoms with E-state index in [0.29, 0.717) is 11.7 Å². The molecule has 2 heterocycles. The molecule has 0 bridgehead atoms. The first-order valence-electron chi connectivity index (χ1n) is 6.43. The predicted molar refractivity (Wildman–Crippen MR) is 69.8 cm³/mol. The van der Waals surface area contributed by atoms with Gasteiger partial charge in [-0.25, -0.2) is 9.50 Å². The normalized spacial score (nSPS) is 17.8. The van der Waals surface area contributed by atoms with Gasteiger partial charge < -0.3 is 5.32 Å². The number of rotatable bonds is 2. The molecule has 0 radical (unpaired) electrons. The molecule has 1 amide bonds. The van der Waals surface area contributed by atoms with Crippen molar-refractivity contribution in [3.05, 3.63) is 17.4 Å². The molecule has 18 heavy (non-hydrogen) atoms. The van der Waals surface area contributed by atoms with Gasteiger partial charge in [0.1, 0.15) is 11.2 Å². The number of fused-ring (bicyclic) bond motifs is 1. The number of aromatic nitrogens is 3. The molecule has 1 N–H and O–H groups in total. The van der Waals surface area contributed by atoms with E-state index in [0.717, 1.165) is 17.8 Å². The molecule has 1 aliphatic rings. The molecule has 0 aliphatic heterocycles. The van der Waals surface area contributed by atoms with Gasteiger partial charge in [0.15, 0.2) is 0 Å². The molecule has 1 saturated carbocycles. The first kappa shape index (κ1) is 11.6. The van der Waals surface area contributed by atoms with Crippen molar-refractivity contribution in [3.63, 3.8) is 0 Å². The third-order valence-corrected chi connectivity index (χ3v) is 4.10. The van der Waals surface area contributed by atoms with Crippen LogP contribution in [0.15, 0.2) is 11.7 Å². The van der Waals surface area contributed by atoms with Gasteiger partial charge in [-0.1, -0.05) is 37.0 Å². The van der Waals surface area contributed by atoms with Crippen molar-refractivity contribution in [2.24, 2.45) is 0 Å². The van der Waals surface area contributed by atoms with Gasteiger partial charge in [-0.3, -0.25) is 4.79 Å². The minimum atomic E-state index is -0.0698. The highest BCUT2D eigenvalue weighted by atomic mass is 32.1. The van der Waals surface area contributed by atoms with E-state index in [-0.39, 0.29) is 5.91 Å². The van der Waals surface area contributed by atoms with Crippen LogP contribution in [0.5, 0.6) is 0 Å². The average Bonchev–Trinajstić information content (AvgIpc) is 2.85. The van der Waals surface area contributed by atoms with Gasteiger partial charge in [-0.2, -0.15) is 5.10 Å². The van der Waals surface area contributed by atoms with Crippen LogP contribution in [0.2, 0.25) is 0 Å². The Morgan fingerprint density at radius 3 is 2.83 bits per heavy atom. The first-order valence-corrected chi connectivity index (χ1v) is 7.30. The maximum absolute atomic E-state index is 12.1. The summed E-state index contributed by atoms with van der Waals surface area (Å²) in [6, 6.07) is 0.313. The Hall–Kier alpha value is -1.43. The summed E-state index contributed by atoms with van der Waals surface area (Å²) in [5.74, 6) is -0.0698. The number of hydrogen-bond acceptors (Lipinski definition) is 4. The van der Waals surface area contributed by atoms with Gasteiger partial charge in [-0.05, 0) is 12.8 Å². The van der Waals surface area contributed by atoms with E-state index in [1.807, 2.05) is 0 Å². The standard InChI is InChI=1S/C12H16N4OS/c17-11(14-9-5-3-1-2-4-6-9)10-7-16-12(15-10)18-8-13-16/h7-9H,1-6H2,(H,14,17). The first-order chi connectivity index (χ1) is 8.83. The monoisotopic (exact) mass is 264 g/mol. The highest BCUT2D eigenvalue weighted by molar-refractivity contribution is 7.14. The van der Waals surface area contributed by atoms with Crippen molar-refractivity contribution in [2.45, 2.75) is 44.6 Å². The van der Waals surface area contributed by atoms with Crippen LogP contribution in [0.1, 0.15) is 49.0 Å². The molecule has 2 aromatic rings. The van der Waals surface area contributed by atoms with Crippen LogP contribution in [0.3, 0.4) is 0 Å². The van der Waals surface area contributed by atoms with E-state index in [4.69, 9.17) is 0 Å². The molecule has 0 unspecified atom stereocenters. The van der Waals surface area contributed by atoms with Crippen molar-refractivity contribution < 1.29 is 4.79 Å². The van der Waals surface area contributed by atoms with Crippen LogP contribution in [-0.4, -0.2) is 26.5 Å². The van der Waals surface area contributed by atoms with Gasteiger partial charge in [0.25, 0.3) is 5.91 Å². The van der Waals surface area contributed by atoms with Gasteiger partial charge in [0, 0.05) is 6.04 Å². The Morgan fingerprint density at radius 1 is 1.33 bits per heavy atom. The zero-order valence-corrected chi connectivity index (χ0v) is 10.9. The third kappa shape index (κ3) is 2.38. The maximum Gasteiger partial charge on any atom is 0.271 e. The van der Waals surface area contributed by atoms with Crippen molar-refractivity contribution in [1.29, 1.82) is 0 Å². The Morgan fingerprint density at radius 2 is 2.11 bits per heavy atom. The van der Waals surface area contributed by atoms with Gasteiger partial charge in [0.2, 0.25) is 4.96 Å². The van der Waals surface area contributed by atoms with Gasteiger partial charge in [-0.15, -0.1) is 0 Å². The quantitative estimate of drug-likeness (QED) is 0.846. The smallest absolute Gasteiger partial charge is 0.271 e. The van der Waals surface area contributed by atoms with Crippen molar-refractivity contribution in [1.82, 2.24) is 19.9 Å². The zero-order valence-electron chi connectivity index (χ0n) is 10.1. The molecule has 1 aliphatic carbocycles. The fourth-order valence-electron chi connectivity index (χ4n) is 2.43. The highest BCUT2D eigenvalue weighted by Gasteiger charge is 2.18. The molecular weight excluding hydrogens is 248 g/mol. The van der Waals surface area contributed by atoms with Crippen LogP contribution in [0.4, 0.5) is 0 Å². The number of hydrogen-bond donors (Lipinski definition) is 1. The lowest BCUT2D eigenvalue weighted by molar-refractivity contribution is 0.0929. The second kappa shape index (κ2) is 5.06. The van der Waals surface area contributed by atoms with E-state index in [9.17, 15) is 4.79 Å². The minimum absolute atomic E-state index is 0.0698. The molecule has 3 rings (SSSR count). The Kier molecular flexibility index (Phi) is 3.27. The lowest BCUT2D eigenvalue weighted by Crippen LogP contribution is -2.34. The van der Waals surface area contributed by atoms with Gasteiger partial charge >= 0.3 is 0 Å². The van der Waals surface area contributed by atoms with E-state index < -0.39 is 0 Å². The molecule has 0 atom stereocenters. The van der Waals surface area contributed by atoms with Crippen LogP contribution >= 0.6 is 11.3 Å². The van der Waals surface area contributed by atoms with Crippen LogP contribution in [-0.2, 0) is 0 Å². The van der Waals surface area contributed by atoms with Crippen molar-refractivity contribution in [2.75, 3.05) is 0 Å². The molecule has 1 fully saturated rings. The topological polar surface area (TPSA) is 59.3 Å². The fourth-order valence-corrected chi connectivity index (χ4v) is 3.03. The third-order valence-electron chi connectivity index (χ3n) is 3.41.